The molecule has 1 aromatic rings. The topological polar surface area (TPSA) is 58.6 Å². The zero-order valence-electron chi connectivity index (χ0n) is 12.5. The molecule has 0 radical (unpaired) electrons. The van der Waals surface area contributed by atoms with Gasteiger partial charge in [-0.2, -0.15) is 0 Å². The average Bonchev–Trinajstić information content (AvgIpc) is 2.36. The molecule has 21 heavy (non-hydrogen) atoms. The van der Waals surface area contributed by atoms with Gasteiger partial charge in [0.2, 0.25) is 0 Å². The standard InChI is InChI=1S/C15H21F2NO3/c1-15(2,3)13(6-7-19)18-14(20)9-21-12-5-4-10(16)8-11(12)17/h4-5,8,13,19H,6-7,9H2,1-3H3,(H,18,20). The predicted octanol–water partition coefficient (Wildman–Crippen LogP) is 2.26. The number of hydrogen-bond acceptors (Lipinski definition) is 3. The molecule has 2 N–H and O–H groups in total. The van der Waals surface area contributed by atoms with E-state index < -0.39 is 17.5 Å². The highest BCUT2D eigenvalue weighted by molar-refractivity contribution is 5.77. The van der Waals surface area contributed by atoms with Crippen LogP contribution < -0.4 is 10.1 Å². The molecule has 0 aliphatic heterocycles. The maximum absolute atomic E-state index is 13.3. The zero-order valence-corrected chi connectivity index (χ0v) is 12.5. The van der Waals surface area contributed by atoms with Gasteiger partial charge in [-0.15, -0.1) is 0 Å². The number of hydrogen-bond donors (Lipinski definition) is 2. The lowest BCUT2D eigenvalue weighted by Gasteiger charge is -2.31. The first kappa shape index (κ1) is 17.4. The van der Waals surface area contributed by atoms with E-state index in [9.17, 15) is 13.6 Å². The Morgan fingerprint density at radius 3 is 2.57 bits per heavy atom. The van der Waals surface area contributed by atoms with Crippen molar-refractivity contribution < 1.29 is 23.4 Å². The maximum Gasteiger partial charge on any atom is 0.258 e. The fourth-order valence-corrected chi connectivity index (χ4v) is 1.82. The van der Waals surface area contributed by atoms with Crippen LogP contribution in [0.4, 0.5) is 8.78 Å². The first-order valence-corrected chi connectivity index (χ1v) is 6.72. The molecule has 0 aliphatic rings. The second kappa shape index (κ2) is 7.36. The Kier molecular flexibility index (Phi) is 6.08. The lowest BCUT2D eigenvalue weighted by atomic mass is 9.85. The van der Waals surface area contributed by atoms with Crippen LogP contribution in [0.5, 0.6) is 5.75 Å². The average molecular weight is 301 g/mol. The van der Waals surface area contributed by atoms with Crippen LogP contribution in [0.15, 0.2) is 18.2 Å². The van der Waals surface area contributed by atoms with E-state index in [2.05, 4.69) is 5.32 Å². The summed E-state index contributed by atoms with van der Waals surface area (Å²) in [6.07, 6.45) is 0.417. The van der Waals surface area contributed by atoms with Crippen LogP contribution in [0.1, 0.15) is 27.2 Å². The molecule has 0 saturated heterocycles. The Bertz CT molecular complexity index is 486. The van der Waals surface area contributed by atoms with Crippen molar-refractivity contribution in [2.75, 3.05) is 13.2 Å². The van der Waals surface area contributed by atoms with Gasteiger partial charge in [0, 0.05) is 18.7 Å². The zero-order chi connectivity index (χ0) is 16.0. The molecule has 0 saturated carbocycles. The minimum atomic E-state index is -0.856. The van der Waals surface area contributed by atoms with Crippen molar-refractivity contribution in [3.8, 4) is 5.75 Å². The molecule has 1 unspecified atom stereocenters. The summed E-state index contributed by atoms with van der Waals surface area (Å²) in [5, 5.41) is 11.8. The molecular formula is C15H21F2NO3. The lowest BCUT2D eigenvalue weighted by molar-refractivity contribution is -0.124. The van der Waals surface area contributed by atoms with E-state index in [1.165, 1.54) is 0 Å². The van der Waals surface area contributed by atoms with Crippen LogP contribution in [0.3, 0.4) is 0 Å². The van der Waals surface area contributed by atoms with Crippen LogP contribution in [-0.4, -0.2) is 30.3 Å². The van der Waals surface area contributed by atoms with Gasteiger partial charge in [0.25, 0.3) is 5.91 Å². The highest BCUT2D eigenvalue weighted by Crippen LogP contribution is 2.22. The quantitative estimate of drug-likeness (QED) is 0.847. The highest BCUT2D eigenvalue weighted by atomic mass is 19.1. The van der Waals surface area contributed by atoms with E-state index in [1.54, 1.807) is 0 Å². The molecule has 1 aromatic carbocycles. The number of ether oxygens (including phenoxy) is 1. The van der Waals surface area contributed by atoms with Gasteiger partial charge in [-0.05, 0) is 24.0 Å². The van der Waals surface area contributed by atoms with Gasteiger partial charge in [0.15, 0.2) is 18.2 Å². The van der Waals surface area contributed by atoms with Crippen molar-refractivity contribution in [1.82, 2.24) is 5.32 Å². The van der Waals surface area contributed by atoms with Crippen LogP contribution in [0, 0.1) is 17.0 Å². The summed E-state index contributed by atoms with van der Waals surface area (Å²) in [5.74, 6) is -2.17. The van der Waals surface area contributed by atoms with E-state index in [0.717, 1.165) is 12.1 Å². The predicted molar refractivity (Wildman–Crippen MR) is 74.9 cm³/mol. The minimum absolute atomic E-state index is 0.0460. The van der Waals surface area contributed by atoms with E-state index >= 15 is 0 Å². The van der Waals surface area contributed by atoms with Gasteiger partial charge in [-0.3, -0.25) is 4.79 Å². The molecular weight excluding hydrogens is 280 g/mol. The maximum atomic E-state index is 13.3. The van der Waals surface area contributed by atoms with E-state index in [1.807, 2.05) is 20.8 Å². The van der Waals surface area contributed by atoms with Crippen LogP contribution >= 0.6 is 0 Å². The van der Waals surface area contributed by atoms with Crippen LogP contribution in [-0.2, 0) is 4.79 Å². The molecule has 0 heterocycles. The highest BCUT2D eigenvalue weighted by Gasteiger charge is 2.25. The number of aliphatic hydroxyl groups excluding tert-OH is 1. The molecule has 0 aliphatic carbocycles. The molecule has 1 amide bonds. The number of benzene rings is 1. The molecule has 0 fully saturated rings. The summed E-state index contributed by atoms with van der Waals surface area (Å²) >= 11 is 0. The number of rotatable bonds is 6. The van der Waals surface area contributed by atoms with Crippen molar-refractivity contribution in [1.29, 1.82) is 0 Å². The summed E-state index contributed by atoms with van der Waals surface area (Å²) < 4.78 is 31.1. The van der Waals surface area contributed by atoms with E-state index in [-0.39, 0.29) is 30.4 Å². The number of amides is 1. The largest absolute Gasteiger partial charge is 0.481 e. The van der Waals surface area contributed by atoms with Gasteiger partial charge in [0.1, 0.15) is 5.82 Å². The number of aliphatic hydroxyl groups is 1. The van der Waals surface area contributed by atoms with Crippen LogP contribution in [0.25, 0.3) is 0 Å². The van der Waals surface area contributed by atoms with Gasteiger partial charge in [-0.25, -0.2) is 8.78 Å². The van der Waals surface area contributed by atoms with E-state index in [0.29, 0.717) is 12.5 Å². The van der Waals surface area contributed by atoms with Gasteiger partial charge in [0.05, 0.1) is 0 Å². The number of nitrogens with one attached hydrogen (secondary N) is 1. The molecule has 0 spiro atoms. The Morgan fingerprint density at radius 1 is 1.38 bits per heavy atom. The van der Waals surface area contributed by atoms with Crippen LogP contribution in [0.2, 0.25) is 0 Å². The first-order valence-electron chi connectivity index (χ1n) is 6.72. The van der Waals surface area contributed by atoms with Gasteiger partial charge >= 0.3 is 0 Å². The van der Waals surface area contributed by atoms with Crippen molar-refractivity contribution in [2.45, 2.75) is 33.2 Å². The Labute approximate surface area is 123 Å². The second-order valence-corrected chi connectivity index (χ2v) is 5.86. The monoisotopic (exact) mass is 301 g/mol. The van der Waals surface area contributed by atoms with Crippen molar-refractivity contribution in [3.05, 3.63) is 29.8 Å². The Morgan fingerprint density at radius 2 is 2.05 bits per heavy atom. The molecule has 0 aromatic heterocycles. The van der Waals surface area contributed by atoms with Gasteiger partial charge < -0.3 is 15.2 Å². The Hall–Kier alpha value is -1.69. The molecule has 1 atom stereocenters. The van der Waals surface area contributed by atoms with E-state index in [4.69, 9.17) is 9.84 Å². The third kappa shape index (κ3) is 5.67. The summed E-state index contributed by atoms with van der Waals surface area (Å²) in [7, 11) is 0. The summed E-state index contributed by atoms with van der Waals surface area (Å²) in [6.45, 7) is 5.40. The number of halogens is 2. The SMILES string of the molecule is CC(C)(C)C(CCO)NC(=O)COc1ccc(F)cc1F. The third-order valence-corrected chi connectivity index (χ3v) is 3.05. The smallest absolute Gasteiger partial charge is 0.258 e. The normalized spacial score (nSPS) is 12.9. The second-order valence-electron chi connectivity index (χ2n) is 5.86. The fraction of sp³-hybridized carbons (Fsp3) is 0.533. The number of carbonyl (C=O) groups is 1. The first-order chi connectivity index (χ1) is 9.74. The molecule has 4 nitrogen and oxygen atoms in total. The van der Waals surface area contributed by atoms with Crippen molar-refractivity contribution >= 4 is 5.91 Å². The Balaban J connectivity index is 2.57. The summed E-state index contributed by atoms with van der Waals surface area (Å²) in [6, 6.07) is 2.65. The molecule has 118 valence electrons. The van der Waals surface area contributed by atoms with Gasteiger partial charge in [-0.1, -0.05) is 20.8 Å². The number of carbonyl (C=O) groups excluding carboxylic acids is 1. The summed E-state index contributed by atoms with van der Waals surface area (Å²) in [5.41, 5.74) is -0.223. The van der Waals surface area contributed by atoms with Crippen molar-refractivity contribution in [3.63, 3.8) is 0 Å². The minimum Gasteiger partial charge on any atom is -0.481 e. The molecule has 0 bridgehead atoms. The third-order valence-electron chi connectivity index (χ3n) is 3.05. The fourth-order valence-electron chi connectivity index (χ4n) is 1.82. The lowest BCUT2D eigenvalue weighted by Crippen LogP contribution is -2.46. The van der Waals surface area contributed by atoms with Crippen molar-refractivity contribution in [2.24, 2.45) is 5.41 Å². The molecule has 1 rings (SSSR count). The molecule has 6 heteroatoms. The summed E-state index contributed by atoms with van der Waals surface area (Å²) in [4.78, 5) is 11.8.